The summed E-state index contributed by atoms with van der Waals surface area (Å²) in [5, 5.41) is 40.7. The number of carbonyl (C=O) groups is 6. The number of ketones is 1. The van der Waals surface area contributed by atoms with Gasteiger partial charge >= 0.3 is 0 Å². The number of benzene rings is 2. The van der Waals surface area contributed by atoms with Gasteiger partial charge in [0, 0.05) is 47.4 Å². The van der Waals surface area contributed by atoms with Crippen LogP contribution in [-0.2, 0) is 44.7 Å². The van der Waals surface area contributed by atoms with Gasteiger partial charge in [-0.05, 0) is 86.6 Å². The Bertz CT molecular complexity index is 2370. The van der Waals surface area contributed by atoms with Gasteiger partial charge in [-0.2, -0.15) is 0 Å². The molecule has 2 aromatic carbocycles. The van der Waals surface area contributed by atoms with Crippen molar-refractivity contribution in [3.63, 3.8) is 0 Å². The van der Waals surface area contributed by atoms with Gasteiger partial charge in [-0.1, -0.05) is 74.6 Å². The van der Waals surface area contributed by atoms with Crippen LogP contribution in [0, 0.1) is 28.6 Å². The number of allylic oxidation sites excluding steroid dienone is 5. The highest BCUT2D eigenvalue weighted by Crippen LogP contribution is 2.70. The first-order valence-electron chi connectivity index (χ1n) is 22.0. The van der Waals surface area contributed by atoms with E-state index in [4.69, 9.17) is 9.47 Å². The molecular formula is C49H56N4O11. The molecule has 64 heavy (non-hydrogen) atoms. The highest BCUT2D eigenvalue weighted by Gasteiger charge is 2.75. The topological polar surface area (TPSA) is 221 Å². The third kappa shape index (κ3) is 7.71. The summed E-state index contributed by atoms with van der Waals surface area (Å²) in [7, 11) is 0. The normalized spacial score (nSPS) is 32.2. The number of Topliss-reactive ketones (excluding diaryl/α,β-unsaturated/α-hetero) is 1. The number of amides is 5. The van der Waals surface area contributed by atoms with Crippen molar-refractivity contribution in [3.8, 4) is 5.75 Å². The van der Waals surface area contributed by atoms with Gasteiger partial charge in [0.05, 0.1) is 17.9 Å². The Morgan fingerprint density at radius 1 is 0.953 bits per heavy atom. The van der Waals surface area contributed by atoms with Gasteiger partial charge in [-0.15, -0.1) is 0 Å². The molecular weight excluding hydrogens is 821 g/mol. The molecule has 15 nitrogen and oxygen atoms in total. The van der Waals surface area contributed by atoms with E-state index in [0.29, 0.717) is 24.8 Å². The molecule has 0 unspecified atom stereocenters. The van der Waals surface area contributed by atoms with Crippen LogP contribution in [0.5, 0.6) is 5.75 Å². The number of rotatable bonds is 13. The average molecular weight is 877 g/mol. The number of nitrogens with zero attached hydrogens (tertiary/aromatic N) is 1. The monoisotopic (exact) mass is 876 g/mol. The summed E-state index contributed by atoms with van der Waals surface area (Å²) >= 11 is 0. The van der Waals surface area contributed by atoms with Gasteiger partial charge in [0.15, 0.2) is 17.7 Å². The van der Waals surface area contributed by atoms with E-state index in [2.05, 4.69) is 41.6 Å². The summed E-state index contributed by atoms with van der Waals surface area (Å²) < 4.78 is 13.4. The fraction of sp³-hybridized carbons (Fsp3) is 0.469. The van der Waals surface area contributed by atoms with Crippen LogP contribution in [0.15, 0.2) is 90.6 Å². The minimum Gasteiger partial charge on any atom is -0.506 e. The quantitative estimate of drug-likeness (QED) is 0.125. The minimum absolute atomic E-state index is 0.0328. The van der Waals surface area contributed by atoms with E-state index in [1.54, 1.807) is 12.1 Å². The van der Waals surface area contributed by atoms with Crippen molar-refractivity contribution in [2.45, 2.75) is 102 Å². The van der Waals surface area contributed by atoms with Crippen LogP contribution in [0.1, 0.15) is 82.8 Å². The van der Waals surface area contributed by atoms with Crippen molar-refractivity contribution < 1.29 is 53.6 Å². The van der Waals surface area contributed by atoms with Crippen LogP contribution in [-0.4, -0.2) is 98.6 Å². The third-order valence-electron chi connectivity index (χ3n) is 14.9. The number of carbonyl (C=O) groups excluding carboxylic acids is 6. The number of hydrogen-bond acceptors (Lipinski definition) is 11. The molecule has 8 rings (SSSR count). The molecule has 1 saturated heterocycles. The number of aliphatic hydroxyl groups is 2. The second-order valence-electron chi connectivity index (χ2n) is 18.7. The Hall–Kier alpha value is -5.74. The fourth-order valence-corrected chi connectivity index (χ4v) is 11.6. The van der Waals surface area contributed by atoms with E-state index >= 15 is 0 Å². The maximum absolute atomic E-state index is 14.0. The minimum atomic E-state index is -1.44. The van der Waals surface area contributed by atoms with Crippen molar-refractivity contribution in [2.75, 3.05) is 18.5 Å². The van der Waals surface area contributed by atoms with Gasteiger partial charge < -0.3 is 40.7 Å². The van der Waals surface area contributed by atoms with Crippen LogP contribution >= 0.6 is 0 Å². The Labute approximate surface area is 371 Å². The molecule has 4 fully saturated rings. The summed E-state index contributed by atoms with van der Waals surface area (Å²) in [6, 6.07) is 10.3. The Kier molecular flexibility index (Phi) is 11.9. The summed E-state index contributed by atoms with van der Waals surface area (Å²) in [6.45, 7) is 10.4. The largest absolute Gasteiger partial charge is 0.506 e. The number of imide groups is 1. The third-order valence-corrected chi connectivity index (χ3v) is 14.9. The van der Waals surface area contributed by atoms with Crippen LogP contribution < -0.4 is 16.0 Å². The number of nitrogens with one attached hydrogen (secondary N) is 3. The van der Waals surface area contributed by atoms with Crippen molar-refractivity contribution in [1.29, 1.82) is 0 Å². The summed E-state index contributed by atoms with van der Waals surface area (Å²) in [6.07, 6.45) is 9.32. The molecule has 0 spiro atoms. The summed E-state index contributed by atoms with van der Waals surface area (Å²) in [5.74, 6) is -3.34. The highest BCUT2D eigenvalue weighted by atomic mass is 16.7. The van der Waals surface area contributed by atoms with Gasteiger partial charge in [0.25, 0.3) is 11.8 Å². The van der Waals surface area contributed by atoms with Crippen molar-refractivity contribution in [2.24, 2.45) is 28.6 Å². The van der Waals surface area contributed by atoms with Crippen molar-refractivity contribution in [3.05, 3.63) is 107 Å². The fourth-order valence-electron chi connectivity index (χ4n) is 11.6. The van der Waals surface area contributed by atoms with Gasteiger partial charge in [-0.3, -0.25) is 33.7 Å². The van der Waals surface area contributed by atoms with Gasteiger partial charge in [-0.25, -0.2) is 0 Å². The predicted molar refractivity (Wildman–Crippen MR) is 233 cm³/mol. The number of fused-ring (bicyclic) bond motifs is 7. The molecule has 6 N–H and O–H groups in total. The van der Waals surface area contributed by atoms with E-state index in [9.17, 15) is 44.1 Å². The first-order chi connectivity index (χ1) is 30.4. The Balaban J connectivity index is 0.882. The number of aromatic hydroxyl groups is 1. The average Bonchev–Trinajstić information content (AvgIpc) is 3.88. The van der Waals surface area contributed by atoms with Crippen molar-refractivity contribution in [1.82, 2.24) is 15.5 Å². The Morgan fingerprint density at radius 3 is 2.34 bits per heavy atom. The molecule has 3 saturated carbocycles. The van der Waals surface area contributed by atoms with Crippen LogP contribution in [0.3, 0.4) is 0 Å². The second kappa shape index (κ2) is 17.0. The Morgan fingerprint density at radius 2 is 1.64 bits per heavy atom. The number of hydrogen-bond donors (Lipinski definition) is 6. The lowest BCUT2D eigenvalue weighted by molar-refractivity contribution is -0.201. The van der Waals surface area contributed by atoms with Gasteiger partial charge in [0.2, 0.25) is 17.7 Å². The smallest absolute Gasteiger partial charge is 0.253 e. The number of ether oxygens (including phenoxy) is 2. The number of aliphatic hydroxyl groups excluding tert-OH is 2. The zero-order chi connectivity index (χ0) is 45.9. The molecule has 2 heterocycles. The molecule has 0 aromatic heterocycles. The van der Waals surface area contributed by atoms with Crippen LogP contribution in [0.25, 0.3) is 0 Å². The lowest BCUT2D eigenvalue weighted by Crippen LogP contribution is -2.63. The standard InChI is InChI=1S/C49H56N4O11/c1-26-16-18-47(4)32(20-26)11-12-33-34-23-39-49(38(57)25-54,48(34,5)24-37(56)43(33)47)64-46(63-39)31-9-6-29(7-10-31)21-30-8-13-36(55)35(22-30)52-45(62)28(3)51-44(61)27(2)50-40(58)17-19-53-41(59)14-15-42(53)60/h6-10,13-16,18,20,22,27-28,33-34,37,39,43,46,54-56H,1,11-12,17,19,21,23-25H2,2-5H3,(H,50,58)(H,51,61)(H,52,62)/t27-,28-,33-,34-,37-,39+,43+,46+,47-,48-,49+/m0/s1. The molecule has 4 aliphatic carbocycles. The molecule has 2 aliphatic heterocycles. The molecule has 338 valence electrons. The number of phenolic OH excluding ortho intramolecular Hbond substituents is 1. The van der Waals surface area contributed by atoms with Crippen LogP contribution in [0.2, 0.25) is 0 Å². The molecule has 15 heteroatoms. The van der Waals surface area contributed by atoms with Gasteiger partial charge in [0.1, 0.15) is 24.4 Å². The first-order valence-corrected chi connectivity index (χ1v) is 22.0. The van der Waals surface area contributed by atoms with E-state index in [-0.39, 0.29) is 47.6 Å². The SMILES string of the molecule is C=C1C=C[C@@]2(C)C(=C1)CC[C@@H]1[C@@H]2[C@@H](O)C[C@@]2(C)[C@H]1C[C@H]1O[C@@H](c3ccc(Cc4ccc(O)c(NC(=O)[C@H](C)NC(=O)[C@H](C)NC(=O)CCN5C(=O)C=CC5=O)c4)cc3)O[C@]12C(=O)CO. The zero-order valence-corrected chi connectivity index (χ0v) is 36.5. The summed E-state index contributed by atoms with van der Waals surface area (Å²) in [4.78, 5) is 76.6. The maximum Gasteiger partial charge on any atom is 0.253 e. The number of phenols is 1. The molecule has 11 atom stereocenters. The maximum atomic E-state index is 14.0. The van der Waals surface area contributed by atoms with E-state index in [1.807, 2.05) is 37.3 Å². The lowest BCUT2D eigenvalue weighted by Gasteiger charge is -2.59. The second-order valence-corrected chi connectivity index (χ2v) is 18.7. The molecule has 6 aliphatic rings. The molecule has 5 amide bonds. The van der Waals surface area contributed by atoms with E-state index in [0.717, 1.165) is 46.6 Å². The molecule has 0 radical (unpaired) electrons. The first kappa shape index (κ1) is 44.9. The molecule has 0 bridgehead atoms. The zero-order valence-electron chi connectivity index (χ0n) is 36.5. The predicted octanol–water partition coefficient (Wildman–Crippen LogP) is 3.84. The van der Waals surface area contributed by atoms with Crippen molar-refractivity contribution >= 4 is 41.0 Å². The van der Waals surface area contributed by atoms with E-state index in [1.165, 1.54) is 25.5 Å². The lowest BCUT2D eigenvalue weighted by atomic mass is 9.46. The number of anilines is 1. The highest BCUT2D eigenvalue weighted by molar-refractivity contribution is 6.13. The van der Waals surface area contributed by atoms with E-state index < -0.39 is 83.5 Å². The molecule has 2 aromatic rings. The van der Waals surface area contributed by atoms with Crippen LogP contribution in [0.4, 0.5) is 5.69 Å². The summed E-state index contributed by atoms with van der Waals surface area (Å²) in [5.41, 5.74) is 2.19.